The molecule has 0 amide bonds. The van der Waals surface area contributed by atoms with Crippen LogP contribution in [0.5, 0.6) is 5.75 Å². The highest BCUT2D eigenvalue weighted by Crippen LogP contribution is 2.34. The average Bonchev–Trinajstić information content (AvgIpc) is 2.91. The third kappa shape index (κ3) is 3.40. The number of fused-ring (bicyclic) bond motifs is 1. The van der Waals surface area contributed by atoms with Crippen molar-refractivity contribution in [1.29, 1.82) is 0 Å². The van der Waals surface area contributed by atoms with Gasteiger partial charge in [-0.1, -0.05) is 18.2 Å². The van der Waals surface area contributed by atoms with Crippen molar-refractivity contribution in [1.82, 2.24) is 4.90 Å². The van der Waals surface area contributed by atoms with E-state index in [0.717, 1.165) is 31.5 Å². The molecule has 1 N–H and O–H groups in total. The van der Waals surface area contributed by atoms with Crippen LogP contribution < -0.4 is 0 Å². The van der Waals surface area contributed by atoms with E-state index in [2.05, 4.69) is 24.8 Å². The van der Waals surface area contributed by atoms with E-state index in [1.165, 1.54) is 28.8 Å². The molecule has 2 aromatic carbocycles. The second kappa shape index (κ2) is 5.97. The van der Waals surface area contributed by atoms with E-state index in [1.54, 1.807) is 0 Å². The summed E-state index contributed by atoms with van der Waals surface area (Å²) < 4.78 is 13.0. The van der Waals surface area contributed by atoms with Crippen molar-refractivity contribution in [2.24, 2.45) is 0 Å². The van der Waals surface area contributed by atoms with Crippen molar-refractivity contribution in [3.05, 3.63) is 64.5 Å². The highest BCUT2D eigenvalue weighted by atomic mass is 19.1. The van der Waals surface area contributed by atoms with Crippen molar-refractivity contribution in [3.8, 4) is 5.75 Å². The fraction of sp³-hybridized carbons (Fsp3) is 0.400. The Balaban J connectivity index is 1.67. The number of phenols is 1. The number of aromatic hydroxyl groups is 1. The van der Waals surface area contributed by atoms with Gasteiger partial charge in [0.25, 0.3) is 0 Å². The van der Waals surface area contributed by atoms with Crippen LogP contribution in [0, 0.1) is 12.7 Å². The van der Waals surface area contributed by atoms with E-state index in [-0.39, 0.29) is 11.4 Å². The van der Waals surface area contributed by atoms with Gasteiger partial charge in [-0.2, -0.15) is 0 Å². The first-order valence-electron chi connectivity index (χ1n) is 8.16. The minimum atomic E-state index is -0.182. The van der Waals surface area contributed by atoms with E-state index in [9.17, 15) is 9.50 Å². The smallest absolute Gasteiger partial charge is 0.123 e. The number of phenolic OH excluding ortho intramolecular Hbond substituents is 1. The summed E-state index contributed by atoms with van der Waals surface area (Å²) in [6.45, 7) is 8.26. The molecule has 0 unspecified atom stereocenters. The fourth-order valence-electron chi connectivity index (χ4n) is 3.25. The van der Waals surface area contributed by atoms with Crippen molar-refractivity contribution >= 4 is 0 Å². The van der Waals surface area contributed by atoms with Gasteiger partial charge < -0.3 is 5.11 Å². The maximum Gasteiger partial charge on any atom is 0.123 e. The standard InChI is InChI=1S/C20H24FNO/c1-14-10-16-12-22(13-17(16)11-19(14)23)20(2,3)9-8-15-4-6-18(21)7-5-15/h4-7,10-11,23H,8-9,12-13H2,1-3H3. The van der Waals surface area contributed by atoms with Gasteiger partial charge in [0.2, 0.25) is 0 Å². The molecule has 0 saturated heterocycles. The van der Waals surface area contributed by atoms with E-state index >= 15 is 0 Å². The molecule has 2 aromatic rings. The van der Waals surface area contributed by atoms with Crippen LogP contribution in [0.1, 0.15) is 42.5 Å². The molecule has 0 fully saturated rings. The van der Waals surface area contributed by atoms with E-state index in [0.29, 0.717) is 5.75 Å². The fourth-order valence-corrected chi connectivity index (χ4v) is 3.25. The molecular formula is C20H24FNO. The van der Waals surface area contributed by atoms with E-state index in [4.69, 9.17) is 0 Å². The molecule has 3 heteroatoms. The Hall–Kier alpha value is -1.87. The molecule has 0 spiro atoms. The molecule has 1 heterocycles. The zero-order chi connectivity index (χ0) is 16.6. The third-order valence-corrected chi connectivity index (χ3v) is 5.04. The van der Waals surface area contributed by atoms with Gasteiger partial charge in [-0.25, -0.2) is 4.39 Å². The average molecular weight is 313 g/mol. The Morgan fingerprint density at radius 2 is 1.70 bits per heavy atom. The lowest BCUT2D eigenvalue weighted by atomic mass is 9.93. The van der Waals surface area contributed by atoms with Gasteiger partial charge in [0.05, 0.1) is 0 Å². The molecule has 0 saturated carbocycles. The Labute approximate surface area is 137 Å². The summed E-state index contributed by atoms with van der Waals surface area (Å²) in [5.41, 5.74) is 4.70. The minimum absolute atomic E-state index is 0.0525. The molecule has 0 aliphatic carbocycles. The SMILES string of the molecule is Cc1cc2c(cc1O)CN(C(C)(C)CCc1ccc(F)cc1)C2. The lowest BCUT2D eigenvalue weighted by Crippen LogP contribution is -2.40. The van der Waals surface area contributed by atoms with Crippen molar-refractivity contribution in [2.45, 2.75) is 52.2 Å². The van der Waals surface area contributed by atoms with Gasteiger partial charge in [-0.3, -0.25) is 4.90 Å². The molecule has 3 rings (SSSR count). The largest absolute Gasteiger partial charge is 0.508 e. The molecule has 0 aromatic heterocycles. The van der Waals surface area contributed by atoms with E-state index in [1.807, 2.05) is 25.1 Å². The molecule has 0 atom stereocenters. The van der Waals surface area contributed by atoms with Gasteiger partial charge in [0, 0.05) is 18.6 Å². The number of hydrogen-bond donors (Lipinski definition) is 1. The van der Waals surface area contributed by atoms with Gasteiger partial charge in [-0.05, 0) is 74.1 Å². The van der Waals surface area contributed by atoms with Crippen molar-refractivity contribution in [3.63, 3.8) is 0 Å². The zero-order valence-electron chi connectivity index (χ0n) is 14.1. The topological polar surface area (TPSA) is 23.5 Å². The molecule has 0 radical (unpaired) electrons. The Kier molecular flexibility index (Phi) is 4.15. The molecule has 23 heavy (non-hydrogen) atoms. The molecular weight excluding hydrogens is 289 g/mol. The van der Waals surface area contributed by atoms with Crippen molar-refractivity contribution in [2.75, 3.05) is 0 Å². The molecule has 2 nitrogen and oxygen atoms in total. The minimum Gasteiger partial charge on any atom is -0.508 e. The maximum absolute atomic E-state index is 13.0. The molecule has 1 aliphatic heterocycles. The van der Waals surface area contributed by atoms with Crippen LogP contribution in [0.4, 0.5) is 4.39 Å². The van der Waals surface area contributed by atoms with Crippen LogP contribution >= 0.6 is 0 Å². The molecule has 122 valence electrons. The molecule has 1 aliphatic rings. The first kappa shape index (κ1) is 16.0. The number of nitrogens with zero attached hydrogens (tertiary/aromatic N) is 1. The summed E-state index contributed by atoms with van der Waals surface area (Å²) in [5.74, 6) is 0.202. The lowest BCUT2D eigenvalue weighted by molar-refractivity contribution is 0.109. The van der Waals surface area contributed by atoms with E-state index < -0.39 is 0 Å². The van der Waals surface area contributed by atoms with Crippen LogP contribution in [0.2, 0.25) is 0 Å². The summed E-state index contributed by atoms with van der Waals surface area (Å²) in [5, 5.41) is 9.90. The summed E-state index contributed by atoms with van der Waals surface area (Å²) >= 11 is 0. The second-order valence-corrected chi connectivity index (χ2v) is 7.20. The Morgan fingerprint density at radius 3 is 2.35 bits per heavy atom. The predicted octanol–water partition coefficient (Wildman–Crippen LogP) is 4.57. The Bertz CT molecular complexity index is 675. The van der Waals surface area contributed by atoms with Gasteiger partial charge in [0.15, 0.2) is 0 Å². The highest BCUT2D eigenvalue weighted by Gasteiger charge is 2.31. The van der Waals surface area contributed by atoms with Crippen LogP contribution in [0.15, 0.2) is 36.4 Å². The van der Waals surface area contributed by atoms with Gasteiger partial charge in [-0.15, -0.1) is 0 Å². The highest BCUT2D eigenvalue weighted by molar-refractivity contribution is 5.43. The molecule has 0 bridgehead atoms. The first-order chi connectivity index (χ1) is 10.8. The monoisotopic (exact) mass is 313 g/mol. The number of hydrogen-bond acceptors (Lipinski definition) is 2. The summed E-state index contributed by atoms with van der Waals surface area (Å²) in [6.07, 6.45) is 1.95. The van der Waals surface area contributed by atoms with Gasteiger partial charge >= 0.3 is 0 Å². The predicted molar refractivity (Wildman–Crippen MR) is 90.9 cm³/mol. The summed E-state index contributed by atoms with van der Waals surface area (Å²) in [6, 6.07) is 10.8. The number of rotatable bonds is 4. The second-order valence-electron chi connectivity index (χ2n) is 7.20. The normalized spacial score (nSPS) is 15.0. The lowest BCUT2D eigenvalue weighted by Gasteiger charge is -2.35. The van der Waals surface area contributed by atoms with Crippen molar-refractivity contribution < 1.29 is 9.50 Å². The summed E-state index contributed by atoms with van der Waals surface area (Å²) in [7, 11) is 0. The third-order valence-electron chi connectivity index (χ3n) is 5.04. The first-order valence-corrected chi connectivity index (χ1v) is 8.16. The maximum atomic E-state index is 13.0. The number of aryl methyl sites for hydroxylation is 2. The number of halogens is 1. The summed E-state index contributed by atoms with van der Waals surface area (Å²) in [4.78, 5) is 2.46. The van der Waals surface area contributed by atoms with Crippen LogP contribution in [0.3, 0.4) is 0 Å². The van der Waals surface area contributed by atoms with Crippen LogP contribution in [0.25, 0.3) is 0 Å². The van der Waals surface area contributed by atoms with Crippen LogP contribution in [-0.4, -0.2) is 15.5 Å². The number of benzene rings is 2. The van der Waals surface area contributed by atoms with Crippen LogP contribution in [-0.2, 0) is 19.5 Å². The quantitative estimate of drug-likeness (QED) is 0.894. The Morgan fingerprint density at radius 1 is 1.09 bits per heavy atom. The zero-order valence-corrected chi connectivity index (χ0v) is 14.1. The van der Waals surface area contributed by atoms with Gasteiger partial charge in [0.1, 0.15) is 11.6 Å².